The molecule has 5 heteroatoms. The summed E-state index contributed by atoms with van der Waals surface area (Å²) in [7, 11) is 0. The number of aliphatic carboxylic acids is 1. The van der Waals surface area contributed by atoms with Crippen LogP contribution in [-0.2, 0) is 15.1 Å². The fourth-order valence-corrected chi connectivity index (χ4v) is 2.80. The Hall–Kier alpha value is -1.36. The molecule has 4 nitrogen and oxygen atoms in total. The number of nitrogens with zero attached hydrogens (tertiary/aromatic N) is 1. The number of carbonyl (C=O) groups excluding carboxylic acids is 1. The van der Waals surface area contributed by atoms with Crippen molar-refractivity contribution in [3.8, 4) is 0 Å². The first kappa shape index (κ1) is 13.1. The lowest BCUT2D eigenvalue weighted by atomic mass is 9.90. The van der Waals surface area contributed by atoms with Crippen LogP contribution in [0.2, 0.25) is 0 Å². The Labute approximate surface area is 114 Å². The number of rotatable bonds is 5. The molecule has 0 saturated heterocycles. The smallest absolute Gasteiger partial charge is 0.334 e. The van der Waals surface area contributed by atoms with Crippen LogP contribution in [0.25, 0.3) is 0 Å². The number of benzene rings is 1. The minimum Gasteiger partial charge on any atom is -0.479 e. The van der Waals surface area contributed by atoms with Gasteiger partial charge in [0.1, 0.15) is 0 Å². The van der Waals surface area contributed by atoms with E-state index in [1.807, 2.05) is 6.07 Å². The molecule has 1 aromatic rings. The Morgan fingerprint density at radius 1 is 1.50 bits per heavy atom. The minimum atomic E-state index is -1.33. The molecule has 1 unspecified atom stereocenters. The summed E-state index contributed by atoms with van der Waals surface area (Å²) in [6.45, 7) is 1.57. The molecule has 0 bridgehead atoms. The third-order valence-corrected chi connectivity index (χ3v) is 4.08. The molecule has 0 heterocycles. The summed E-state index contributed by atoms with van der Waals surface area (Å²) in [5.41, 5.74) is -0.736. The van der Waals surface area contributed by atoms with Gasteiger partial charge in [0.2, 0.25) is 6.41 Å². The van der Waals surface area contributed by atoms with Gasteiger partial charge in [-0.05, 0) is 25.8 Å². The first-order valence-corrected chi connectivity index (χ1v) is 6.53. The highest BCUT2D eigenvalue weighted by molar-refractivity contribution is 9.10. The second-order valence-corrected chi connectivity index (χ2v) is 5.46. The maximum Gasteiger partial charge on any atom is 0.334 e. The molecule has 0 spiro atoms. The molecule has 1 fully saturated rings. The lowest BCUT2D eigenvalue weighted by Gasteiger charge is -2.36. The summed E-state index contributed by atoms with van der Waals surface area (Å²) in [5.74, 6) is -1.02. The Morgan fingerprint density at radius 2 is 2.11 bits per heavy atom. The molecule has 0 aliphatic heterocycles. The van der Waals surface area contributed by atoms with Crippen LogP contribution in [0.3, 0.4) is 0 Å². The van der Waals surface area contributed by atoms with E-state index < -0.39 is 11.5 Å². The summed E-state index contributed by atoms with van der Waals surface area (Å²) < 4.78 is 0.697. The highest BCUT2D eigenvalue weighted by atomic mass is 79.9. The Balaban J connectivity index is 2.53. The highest BCUT2D eigenvalue weighted by Crippen LogP contribution is 2.39. The quantitative estimate of drug-likeness (QED) is 0.849. The standard InChI is InChI=1S/C13H14BrNO3/c1-13(12(17)18,15(8-16)9-6-7-9)10-4-2-3-5-11(10)14/h2-5,8-9H,6-7H2,1H3,(H,17,18). The van der Waals surface area contributed by atoms with Crippen molar-refractivity contribution in [3.05, 3.63) is 34.3 Å². The number of carboxylic acid groups (broad SMARTS) is 1. The SMILES string of the molecule is CC(C(=O)O)(c1ccccc1Br)N(C=O)C1CC1. The first-order valence-electron chi connectivity index (χ1n) is 5.74. The topological polar surface area (TPSA) is 57.6 Å². The van der Waals surface area contributed by atoms with Crippen LogP contribution in [0.1, 0.15) is 25.3 Å². The molecule has 1 saturated carbocycles. The highest BCUT2D eigenvalue weighted by Gasteiger charge is 2.48. The maximum absolute atomic E-state index is 11.7. The van der Waals surface area contributed by atoms with E-state index in [4.69, 9.17) is 0 Å². The van der Waals surface area contributed by atoms with E-state index in [0.29, 0.717) is 16.4 Å². The van der Waals surface area contributed by atoms with Crippen molar-refractivity contribution in [2.45, 2.75) is 31.3 Å². The largest absolute Gasteiger partial charge is 0.479 e. The van der Waals surface area contributed by atoms with Crippen LogP contribution in [0.15, 0.2) is 28.7 Å². The first-order chi connectivity index (χ1) is 8.51. The lowest BCUT2D eigenvalue weighted by Crippen LogP contribution is -2.50. The van der Waals surface area contributed by atoms with E-state index in [1.54, 1.807) is 25.1 Å². The Morgan fingerprint density at radius 3 is 2.56 bits per heavy atom. The zero-order valence-electron chi connectivity index (χ0n) is 9.97. The van der Waals surface area contributed by atoms with Gasteiger partial charge in [0.05, 0.1) is 0 Å². The average Bonchev–Trinajstić information content (AvgIpc) is 3.14. The van der Waals surface area contributed by atoms with E-state index in [9.17, 15) is 14.7 Å². The van der Waals surface area contributed by atoms with Crippen molar-refractivity contribution in [1.82, 2.24) is 4.90 Å². The number of hydrogen-bond acceptors (Lipinski definition) is 2. The van der Waals surface area contributed by atoms with Crippen LogP contribution in [0.4, 0.5) is 0 Å². The monoisotopic (exact) mass is 311 g/mol. The zero-order chi connectivity index (χ0) is 13.3. The molecular formula is C13H14BrNO3. The van der Waals surface area contributed by atoms with Crippen molar-refractivity contribution in [1.29, 1.82) is 0 Å². The van der Waals surface area contributed by atoms with Crippen LogP contribution in [0, 0.1) is 0 Å². The van der Waals surface area contributed by atoms with Crippen LogP contribution in [-0.4, -0.2) is 28.4 Å². The van der Waals surface area contributed by atoms with Gasteiger partial charge in [0.25, 0.3) is 0 Å². The molecule has 1 amide bonds. The van der Waals surface area contributed by atoms with E-state index >= 15 is 0 Å². The molecule has 1 aliphatic carbocycles. The van der Waals surface area contributed by atoms with Gasteiger partial charge >= 0.3 is 5.97 Å². The maximum atomic E-state index is 11.7. The second-order valence-electron chi connectivity index (χ2n) is 4.60. The van der Waals surface area contributed by atoms with Gasteiger partial charge in [-0.3, -0.25) is 4.79 Å². The van der Waals surface area contributed by atoms with Gasteiger partial charge in [-0.15, -0.1) is 0 Å². The van der Waals surface area contributed by atoms with Crippen molar-refractivity contribution < 1.29 is 14.7 Å². The average molecular weight is 312 g/mol. The summed E-state index contributed by atoms with van der Waals surface area (Å²) in [5, 5.41) is 9.57. The normalized spacial score (nSPS) is 17.9. The van der Waals surface area contributed by atoms with Crippen molar-refractivity contribution in [2.24, 2.45) is 0 Å². The third kappa shape index (κ3) is 2.03. The van der Waals surface area contributed by atoms with Gasteiger partial charge in [0.15, 0.2) is 5.54 Å². The Kier molecular flexibility index (Phi) is 3.43. The number of carboxylic acids is 1. The van der Waals surface area contributed by atoms with E-state index in [-0.39, 0.29) is 6.04 Å². The number of amides is 1. The molecule has 1 N–H and O–H groups in total. The molecular weight excluding hydrogens is 298 g/mol. The summed E-state index contributed by atoms with van der Waals surface area (Å²) >= 11 is 3.36. The van der Waals surface area contributed by atoms with E-state index in [1.165, 1.54) is 4.90 Å². The Bertz CT molecular complexity index is 487. The second kappa shape index (κ2) is 4.72. The summed E-state index contributed by atoms with van der Waals surface area (Å²) in [4.78, 5) is 24.4. The predicted octanol–water partition coefficient (Wildman–Crippen LogP) is 2.37. The van der Waals surface area contributed by atoms with Gasteiger partial charge in [-0.2, -0.15) is 0 Å². The number of carbonyl (C=O) groups is 2. The van der Waals surface area contributed by atoms with Crippen molar-refractivity contribution in [2.75, 3.05) is 0 Å². The summed E-state index contributed by atoms with van der Waals surface area (Å²) in [6.07, 6.45) is 2.38. The summed E-state index contributed by atoms with van der Waals surface area (Å²) in [6, 6.07) is 7.15. The van der Waals surface area contributed by atoms with Crippen LogP contribution < -0.4 is 0 Å². The zero-order valence-corrected chi connectivity index (χ0v) is 11.6. The fraction of sp³-hybridized carbons (Fsp3) is 0.385. The van der Waals surface area contributed by atoms with Crippen LogP contribution >= 0.6 is 15.9 Å². The number of halogens is 1. The van der Waals surface area contributed by atoms with Gasteiger partial charge in [-0.1, -0.05) is 34.1 Å². The number of hydrogen-bond donors (Lipinski definition) is 1. The predicted molar refractivity (Wildman–Crippen MR) is 70.1 cm³/mol. The van der Waals surface area contributed by atoms with Gasteiger partial charge < -0.3 is 10.0 Å². The molecule has 1 atom stereocenters. The molecule has 0 radical (unpaired) electrons. The molecule has 1 aliphatic rings. The van der Waals surface area contributed by atoms with Crippen molar-refractivity contribution >= 4 is 28.3 Å². The lowest BCUT2D eigenvalue weighted by molar-refractivity contribution is -0.155. The van der Waals surface area contributed by atoms with Crippen molar-refractivity contribution in [3.63, 3.8) is 0 Å². The minimum absolute atomic E-state index is 0.0377. The van der Waals surface area contributed by atoms with Gasteiger partial charge in [0, 0.05) is 16.1 Å². The van der Waals surface area contributed by atoms with E-state index in [0.717, 1.165) is 12.8 Å². The van der Waals surface area contributed by atoms with E-state index in [2.05, 4.69) is 15.9 Å². The molecule has 2 rings (SSSR count). The molecule has 1 aromatic carbocycles. The molecule has 96 valence electrons. The molecule has 0 aromatic heterocycles. The third-order valence-electron chi connectivity index (χ3n) is 3.38. The van der Waals surface area contributed by atoms with Crippen LogP contribution in [0.5, 0.6) is 0 Å². The molecule has 18 heavy (non-hydrogen) atoms. The van der Waals surface area contributed by atoms with Gasteiger partial charge in [-0.25, -0.2) is 4.79 Å². The fourth-order valence-electron chi connectivity index (χ4n) is 2.13.